The van der Waals surface area contributed by atoms with Crippen molar-refractivity contribution < 1.29 is 14.3 Å². The number of para-hydroxylation sites is 1. The van der Waals surface area contributed by atoms with Crippen LogP contribution in [0.5, 0.6) is 11.5 Å². The Morgan fingerprint density at radius 3 is 2.71 bits per heavy atom. The van der Waals surface area contributed by atoms with Crippen molar-refractivity contribution in [2.45, 2.75) is 0 Å². The third-order valence-corrected chi connectivity index (χ3v) is 4.01. The van der Waals surface area contributed by atoms with Crippen LogP contribution < -0.4 is 20.1 Å². The number of nitrogens with zero attached hydrogens (tertiary/aromatic N) is 3. The molecule has 28 heavy (non-hydrogen) atoms. The molecule has 0 aliphatic carbocycles. The molecule has 0 saturated carbocycles. The molecule has 2 N–H and O–H groups in total. The minimum atomic E-state index is -0.393. The predicted octanol–water partition coefficient (Wildman–Crippen LogP) is 3.12. The molecule has 8 heteroatoms. The second kappa shape index (κ2) is 7.63. The summed E-state index contributed by atoms with van der Waals surface area (Å²) in [5, 5.41) is 15.0. The summed E-state index contributed by atoms with van der Waals surface area (Å²) >= 11 is 0. The molecule has 0 bridgehead atoms. The molecule has 0 atom stereocenters. The predicted molar refractivity (Wildman–Crippen MR) is 102 cm³/mol. The Kier molecular flexibility index (Phi) is 4.72. The number of amides is 1. The average molecular weight is 373 g/mol. The number of anilines is 3. The highest BCUT2D eigenvalue weighted by Gasteiger charge is 2.14. The van der Waals surface area contributed by atoms with Gasteiger partial charge in [0.15, 0.2) is 11.5 Å². The molecule has 138 valence electrons. The quantitative estimate of drug-likeness (QED) is 0.723. The first-order valence-electron chi connectivity index (χ1n) is 8.52. The normalized spacial score (nSPS) is 12.0. The second-order valence-electron chi connectivity index (χ2n) is 5.88. The Morgan fingerprint density at radius 1 is 1.04 bits per heavy atom. The van der Waals surface area contributed by atoms with Crippen LogP contribution in [0.4, 0.5) is 17.2 Å². The van der Waals surface area contributed by atoms with Crippen LogP contribution in [0.2, 0.25) is 0 Å². The minimum Gasteiger partial charge on any atom is -0.486 e. The van der Waals surface area contributed by atoms with Crippen LogP contribution in [0.1, 0.15) is 16.1 Å². The van der Waals surface area contributed by atoms with E-state index in [1.165, 1.54) is 12.4 Å². The number of hydrogen-bond donors (Lipinski definition) is 2. The van der Waals surface area contributed by atoms with Gasteiger partial charge >= 0.3 is 0 Å². The molecule has 1 amide bonds. The largest absolute Gasteiger partial charge is 0.486 e. The van der Waals surface area contributed by atoms with Gasteiger partial charge < -0.3 is 20.1 Å². The van der Waals surface area contributed by atoms with Gasteiger partial charge in [0, 0.05) is 17.8 Å². The maximum absolute atomic E-state index is 12.6. The molecule has 8 nitrogen and oxygen atoms in total. The lowest BCUT2D eigenvalue weighted by Gasteiger charge is -2.19. The summed E-state index contributed by atoms with van der Waals surface area (Å²) in [6, 6.07) is 15.8. The van der Waals surface area contributed by atoms with Crippen molar-refractivity contribution in [1.82, 2.24) is 9.97 Å². The Balaban J connectivity index is 1.51. The van der Waals surface area contributed by atoms with E-state index in [2.05, 4.69) is 26.7 Å². The molecule has 0 radical (unpaired) electrons. The number of nitriles is 1. The van der Waals surface area contributed by atoms with Gasteiger partial charge in [-0.3, -0.25) is 4.79 Å². The van der Waals surface area contributed by atoms with E-state index in [0.717, 1.165) is 0 Å². The summed E-state index contributed by atoms with van der Waals surface area (Å²) in [6.07, 6.45) is 1.29. The van der Waals surface area contributed by atoms with Gasteiger partial charge in [-0.25, -0.2) is 9.97 Å². The van der Waals surface area contributed by atoms with Gasteiger partial charge in [0.05, 0.1) is 11.3 Å². The lowest BCUT2D eigenvalue weighted by molar-refractivity contribution is 0.102. The molecular weight excluding hydrogens is 358 g/mol. The Bertz CT molecular complexity index is 1080. The van der Waals surface area contributed by atoms with Gasteiger partial charge in [-0.15, -0.1) is 0 Å². The maximum Gasteiger partial charge on any atom is 0.274 e. The van der Waals surface area contributed by atoms with E-state index in [9.17, 15) is 10.1 Å². The van der Waals surface area contributed by atoms with Gasteiger partial charge in [-0.1, -0.05) is 12.1 Å². The molecular formula is C20H15N5O3. The molecule has 1 aromatic heterocycles. The zero-order valence-electron chi connectivity index (χ0n) is 14.7. The fraction of sp³-hybridized carbons (Fsp3) is 0.100. The van der Waals surface area contributed by atoms with Crippen molar-refractivity contribution in [2.24, 2.45) is 0 Å². The lowest BCUT2D eigenvalue weighted by atomic mass is 10.2. The van der Waals surface area contributed by atoms with E-state index in [-0.39, 0.29) is 5.69 Å². The van der Waals surface area contributed by atoms with Crippen molar-refractivity contribution in [3.05, 3.63) is 66.1 Å². The number of carbonyl (C=O) groups is 1. The van der Waals surface area contributed by atoms with E-state index in [4.69, 9.17) is 9.47 Å². The first-order valence-corrected chi connectivity index (χ1v) is 8.52. The molecule has 0 unspecified atom stereocenters. The summed E-state index contributed by atoms with van der Waals surface area (Å²) in [6.45, 7) is 0.972. The smallest absolute Gasteiger partial charge is 0.274 e. The molecule has 0 fully saturated rings. The lowest BCUT2D eigenvalue weighted by Crippen LogP contribution is -2.17. The van der Waals surface area contributed by atoms with Crippen LogP contribution in [0.3, 0.4) is 0 Å². The number of hydrogen-bond acceptors (Lipinski definition) is 7. The van der Waals surface area contributed by atoms with Gasteiger partial charge in [0.1, 0.15) is 37.1 Å². The molecule has 3 aromatic rings. The SMILES string of the molecule is N#Cc1ccccc1Nc1cc(C(=O)Nc2ccc3c(c2)OCCO3)ncn1. The second-order valence-corrected chi connectivity index (χ2v) is 5.88. The van der Waals surface area contributed by atoms with Crippen molar-refractivity contribution in [3.8, 4) is 17.6 Å². The van der Waals surface area contributed by atoms with Crippen molar-refractivity contribution >= 4 is 23.1 Å². The third kappa shape index (κ3) is 3.68. The topological polar surface area (TPSA) is 109 Å². The Morgan fingerprint density at radius 2 is 1.86 bits per heavy atom. The Labute approximate surface area is 160 Å². The van der Waals surface area contributed by atoms with E-state index >= 15 is 0 Å². The van der Waals surface area contributed by atoms with Crippen LogP contribution >= 0.6 is 0 Å². The molecule has 1 aliphatic heterocycles. The Hall–Kier alpha value is -4.12. The number of carbonyl (C=O) groups excluding carboxylic acids is 1. The minimum absolute atomic E-state index is 0.182. The molecule has 2 aromatic carbocycles. The molecule has 1 aliphatic rings. The van der Waals surface area contributed by atoms with Gasteiger partial charge in [-0.05, 0) is 24.3 Å². The number of fused-ring (bicyclic) bond motifs is 1. The first-order chi connectivity index (χ1) is 13.7. The van der Waals surface area contributed by atoms with Gasteiger partial charge in [-0.2, -0.15) is 5.26 Å². The van der Waals surface area contributed by atoms with Gasteiger partial charge in [0.2, 0.25) is 0 Å². The van der Waals surface area contributed by atoms with Crippen LogP contribution in [-0.2, 0) is 0 Å². The molecule has 2 heterocycles. The standard InChI is InChI=1S/C20H15N5O3/c21-11-13-3-1-2-4-15(13)25-19-10-16(22-12-23-19)20(26)24-14-5-6-17-18(9-14)28-8-7-27-17/h1-6,9-10,12H,7-8H2,(H,24,26)(H,22,23,25). The summed E-state index contributed by atoms with van der Waals surface area (Å²) in [5.74, 6) is 1.25. The summed E-state index contributed by atoms with van der Waals surface area (Å²) < 4.78 is 11.0. The van der Waals surface area contributed by atoms with Crippen molar-refractivity contribution in [2.75, 3.05) is 23.8 Å². The summed E-state index contributed by atoms with van der Waals surface area (Å²) in [5.41, 5.74) is 1.82. The van der Waals surface area contributed by atoms with E-state index in [0.29, 0.717) is 47.5 Å². The van der Waals surface area contributed by atoms with E-state index < -0.39 is 5.91 Å². The summed E-state index contributed by atoms with van der Waals surface area (Å²) in [4.78, 5) is 20.7. The van der Waals surface area contributed by atoms with Crippen molar-refractivity contribution in [1.29, 1.82) is 5.26 Å². The number of aromatic nitrogens is 2. The zero-order chi connectivity index (χ0) is 19.3. The number of nitrogens with one attached hydrogen (secondary N) is 2. The van der Waals surface area contributed by atoms with Gasteiger partial charge in [0.25, 0.3) is 5.91 Å². The van der Waals surface area contributed by atoms with Crippen LogP contribution in [-0.4, -0.2) is 29.1 Å². The number of ether oxygens (including phenoxy) is 2. The number of benzene rings is 2. The fourth-order valence-corrected chi connectivity index (χ4v) is 2.69. The van der Waals surface area contributed by atoms with Crippen LogP contribution in [0.25, 0.3) is 0 Å². The fourth-order valence-electron chi connectivity index (χ4n) is 2.69. The molecule has 0 spiro atoms. The average Bonchev–Trinajstić information content (AvgIpc) is 2.74. The van der Waals surface area contributed by atoms with Crippen molar-refractivity contribution in [3.63, 3.8) is 0 Å². The number of rotatable bonds is 4. The highest BCUT2D eigenvalue weighted by molar-refractivity contribution is 6.03. The van der Waals surface area contributed by atoms with E-state index in [1.54, 1.807) is 42.5 Å². The van der Waals surface area contributed by atoms with Crippen LogP contribution in [0, 0.1) is 11.3 Å². The maximum atomic E-state index is 12.6. The molecule has 4 rings (SSSR count). The summed E-state index contributed by atoms with van der Waals surface area (Å²) in [7, 11) is 0. The zero-order valence-corrected chi connectivity index (χ0v) is 14.7. The van der Waals surface area contributed by atoms with Crippen LogP contribution in [0.15, 0.2) is 54.9 Å². The van der Waals surface area contributed by atoms with E-state index in [1.807, 2.05) is 0 Å². The first kappa shape index (κ1) is 17.3. The molecule has 0 saturated heterocycles. The highest BCUT2D eigenvalue weighted by atomic mass is 16.6. The monoisotopic (exact) mass is 373 g/mol. The highest BCUT2D eigenvalue weighted by Crippen LogP contribution is 2.32. The third-order valence-electron chi connectivity index (χ3n) is 4.01.